The molecule has 1 aromatic rings. The Balaban J connectivity index is 1.63. The molecule has 1 atom stereocenters. The van der Waals surface area contributed by atoms with Crippen LogP contribution in [0.5, 0.6) is 0 Å². The highest BCUT2D eigenvalue weighted by molar-refractivity contribution is 7.03. The Morgan fingerprint density at radius 2 is 2.69 bits per heavy atom. The van der Waals surface area contributed by atoms with Crippen molar-refractivity contribution in [2.75, 3.05) is 13.2 Å². The van der Waals surface area contributed by atoms with E-state index in [2.05, 4.69) is 14.9 Å². The molecule has 1 saturated heterocycles. The molecule has 1 N–H and O–H groups in total. The quantitative estimate of drug-likeness (QED) is 0.779. The lowest BCUT2D eigenvalue weighted by Gasteiger charge is -2.08. The largest absolute Gasteiger partial charge is 0.377 e. The maximum absolute atomic E-state index is 5.48. The Labute approximate surface area is 81.5 Å². The van der Waals surface area contributed by atoms with Crippen LogP contribution in [0.4, 0.5) is 0 Å². The van der Waals surface area contributed by atoms with Crippen LogP contribution >= 0.6 is 11.5 Å². The Bertz CT molecular complexity index is 234. The van der Waals surface area contributed by atoms with E-state index in [9.17, 15) is 0 Å². The number of aromatic nitrogens is 2. The molecule has 0 amide bonds. The van der Waals surface area contributed by atoms with Gasteiger partial charge in [0.05, 0.1) is 11.8 Å². The lowest BCUT2D eigenvalue weighted by atomic mass is 10.2. The van der Waals surface area contributed by atoms with Gasteiger partial charge in [-0.1, -0.05) is 4.49 Å². The highest BCUT2D eigenvalue weighted by atomic mass is 32.1. The molecule has 1 aromatic heterocycles. The molecule has 0 saturated carbocycles. The third-order valence-electron chi connectivity index (χ3n) is 2.11. The fourth-order valence-corrected chi connectivity index (χ4v) is 1.88. The van der Waals surface area contributed by atoms with Gasteiger partial charge in [-0.2, -0.15) is 0 Å². The van der Waals surface area contributed by atoms with Gasteiger partial charge in [-0.25, -0.2) is 0 Å². The molecular formula is C8H13N3OS. The molecule has 1 aliphatic rings. The molecular weight excluding hydrogens is 186 g/mol. The van der Waals surface area contributed by atoms with Crippen molar-refractivity contribution < 1.29 is 4.74 Å². The summed E-state index contributed by atoms with van der Waals surface area (Å²) in [5.74, 6) is 0. The zero-order chi connectivity index (χ0) is 8.93. The maximum Gasteiger partial charge on any atom is 0.0893 e. The summed E-state index contributed by atoms with van der Waals surface area (Å²) in [5.41, 5.74) is 1.02. The normalized spacial score (nSPS) is 22.3. The van der Waals surface area contributed by atoms with E-state index in [1.54, 1.807) is 0 Å². The average molecular weight is 199 g/mol. The van der Waals surface area contributed by atoms with E-state index in [1.165, 1.54) is 24.4 Å². The molecule has 4 nitrogen and oxygen atoms in total. The second kappa shape index (κ2) is 4.64. The van der Waals surface area contributed by atoms with E-state index in [4.69, 9.17) is 4.74 Å². The monoisotopic (exact) mass is 199 g/mol. The number of nitrogens with zero attached hydrogens (tertiary/aromatic N) is 2. The molecule has 1 unspecified atom stereocenters. The van der Waals surface area contributed by atoms with Crippen molar-refractivity contribution in [3.63, 3.8) is 0 Å². The second-order valence-corrected chi connectivity index (χ2v) is 3.77. The van der Waals surface area contributed by atoms with Crippen molar-refractivity contribution in [1.29, 1.82) is 0 Å². The van der Waals surface area contributed by atoms with Crippen LogP contribution in [0.15, 0.2) is 5.38 Å². The van der Waals surface area contributed by atoms with Crippen molar-refractivity contribution in [3.8, 4) is 0 Å². The van der Waals surface area contributed by atoms with Gasteiger partial charge in [-0.15, -0.1) is 5.10 Å². The molecule has 2 heterocycles. The van der Waals surface area contributed by atoms with Crippen molar-refractivity contribution in [2.24, 2.45) is 0 Å². The second-order valence-electron chi connectivity index (χ2n) is 3.16. The first-order valence-electron chi connectivity index (χ1n) is 4.53. The summed E-state index contributed by atoms with van der Waals surface area (Å²) in [6.07, 6.45) is 2.79. The van der Waals surface area contributed by atoms with Gasteiger partial charge in [0.1, 0.15) is 0 Å². The number of rotatable bonds is 4. The minimum absolute atomic E-state index is 0.409. The summed E-state index contributed by atoms with van der Waals surface area (Å²) >= 11 is 1.39. The summed E-state index contributed by atoms with van der Waals surface area (Å²) in [7, 11) is 0. The summed E-state index contributed by atoms with van der Waals surface area (Å²) < 4.78 is 9.27. The zero-order valence-electron chi connectivity index (χ0n) is 7.40. The SMILES string of the molecule is c1snnc1CNCC1CCCO1. The van der Waals surface area contributed by atoms with Crippen LogP contribution in [0.2, 0.25) is 0 Å². The zero-order valence-corrected chi connectivity index (χ0v) is 8.22. The average Bonchev–Trinajstić information content (AvgIpc) is 2.75. The van der Waals surface area contributed by atoms with Crippen LogP contribution in [0.25, 0.3) is 0 Å². The molecule has 1 aliphatic heterocycles. The van der Waals surface area contributed by atoms with E-state index in [0.29, 0.717) is 6.10 Å². The lowest BCUT2D eigenvalue weighted by molar-refractivity contribution is 0.110. The molecule has 0 spiro atoms. The third kappa shape index (κ3) is 2.72. The van der Waals surface area contributed by atoms with Crippen LogP contribution in [0, 0.1) is 0 Å². The van der Waals surface area contributed by atoms with Gasteiger partial charge in [0.2, 0.25) is 0 Å². The fraction of sp³-hybridized carbons (Fsp3) is 0.750. The van der Waals surface area contributed by atoms with Crippen LogP contribution in [0.1, 0.15) is 18.5 Å². The van der Waals surface area contributed by atoms with Gasteiger partial charge in [0.25, 0.3) is 0 Å². The molecule has 0 aliphatic carbocycles. The van der Waals surface area contributed by atoms with E-state index < -0.39 is 0 Å². The van der Waals surface area contributed by atoms with Crippen molar-refractivity contribution in [1.82, 2.24) is 14.9 Å². The van der Waals surface area contributed by atoms with Crippen LogP contribution < -0.4 is 5.32 Å². The Morgan fingerprint density at radius 1 is 1.69 bits per heavy atom. The van der Waals surface area contributed by atoms with Gasteiger partial charge >= 0.3 is 0 Å². The number of ether oxygens (including phenoxy) is 1. The fourth-order valence-electron chi connectivity index (χ4n) is 1.43. The topological polar surface area (TPSA) is 47.0 Å². The summed E-state index contributed by atoms with van der Waals surface area (Å²) in [6, 6.07) is 0. The van der Waals surface area contributed by atoms with E-state index in [-0.39, 0.29) is 0 Å². The van der Waals surface area contributed by atoms with Gasteiger partial charge in [0, 0.05) is 25.1 Å². The van der Waals surface area contributed by atoms with E-state index in [1.807, 2.05) is 5.38 Å². The maximum atomic E-state index is 5.48. The predicted octanol–water partition coefficient (Wildman–Crippen LogP) is 0.807. The number of hydrogen-bond acceptors (Lipinski definition) is 5. The highest BCUT2D eigenvalue weighted by Crippen LogP contribution is 2.10. The third-order valence-corrected chi connectivity index (χ3v) is 2.66. The molecule has 72 valence electrons. The Morgan fingerprint density at radius 3 is 3.38 bits per heavy atom. The van der Waals surface area contributed by atoms with Crippen LogP contribution in [-0.2, 0) is 11.3 Å². The first-order chi connectivity index (χ1) is 6.45. The molecule has 5 heteroatoms. The molecule has 0 radical (unpaired) electrons. The summed E-state index contributed by atoms with van der Waals surface area (Å²) in [5, 5.41) is 9.22. The Kier molecular flexibility index (Phi) is 3.23. The highest BCUT2D eigenvalue weighted by Gasteiger charge is 2.14. The van der Waals surface area contributed by atoms with E-state index in [0.717, 1.165) is 25.4 Å². The minimum Gasteiger partial charge on any atom is -0.377 e. The minimum atomic E-state index is 0.409. The summed E-state index contributed by atoms with van der Waals surface area (Å²) in [6.45, 7) is 2.65. The van der Waals surface area contributed by atoms with Gasteiger partial charge in [-0.05, 0) is 24.4 Å². The van der Waals surface area contributed by atoms with Crippen LogP contribution in [-0.4, -0.2) is 28.8 Å². The molecule has 13 heavy (non-hydrogen) atoms. The first kappa shape index (κ1) is 9.05. The number of hydrogen-bond donors (Lipinski definition) is 1. The van der Waals surface area contributed by atoms with E-state index >= 15 is 0 Å². The molecule has 0 bridgehead atoms. The van der Waals surface area contributed by atoms with Crippen molar-refractivity contribution in [3.05, 3.63) is 11.1 Å². The smallest absolute Gasteiger partial charge is 0.0893 e. The molecule has 2 rings (SSSR count). The summed E-state index contributed by atoms with van der Waals surface area (Å²) in [4.78, 5) is 0. The van der Waals surface area contributed by atoms with Crippen molar-refractivity contribution in [2.45, 2.75) is 25.5 Å². The molecule has 0 aromatic carbocycles. The Hall–Kier alpha value is -0.520. The molecule has 1 fully saturated rings. The first-order valence-corrected chi connectivity index (χ1v) is 5.37. The van der Waals surface area contributed by atoms with Gasteiger partial charge in [-0.3, -0.25) is 0 Å². The van der Waals surface area contributed by atoms with Crippen molar-refractivity contribution >= 4 is 11.5 Å². The lowest BCUT2D eigenvalue weighted by Crippen LogP contribution is -2.25. The standard InChI is InChI=1S/C8H13N3OS/c1-2-8(12-3-1)5-9-4-7-6-13-11-10-7/h6,8-9H,1-5H2. The van der Waals surface area contributed by atoms with Gasteiger partial charge in [0.15, 0.2) is 0 Å². The predicted molar refractivity (Wildman–Crippen MR) is 50.6 cm³/mol. The van der Waals surface area contributed by atoms with Gasteiger partial charge < -0.3 is 10.1 Å². The number of nitrogens with one attached hydrogen (secondary N) is 1. The van der Waals surface area contributed by atoms with Crippen LogP contribution in [0.3, 0.4) is 0 Å².